The molecule has 0 aliphatic carbocycles. The second-order valence-corrected chi connectivity index (χ2v) is 3.88. The van der Waals surface area contributed by atoms with Gasteiger partial charge in [-0.05, 0) is 42.5 Å². The molecule has 0 fully saturated rings. The predicted molar refractivity (Wildman–Crippen MR) is 67.4 cm³/mol. The van der Waals surface area contributed by atoms with Crippen molar-refractivity contribution in [1.82, 2.24) is 0 Å². The molecular weight excluding hydrogens is 238 g/mol. The highest BCUT2D eigenvalue weighted by molar-refractivity contribution is 6.30. The molecule has 17 heavy (non-hydrogen) atoms. The lowest BCUT2D eigenvalue weighted by atomic mass is 10.2. The zero-order valence-corrected chi connectivity index (χ0v) is 9.65. The average molecular weight is 248 g/mol. The molecule has 3 nitrogen and oxygen atoms in total. The largest absolute Gasteiger partial charge is 0.457 e. The van der Waals surface area contributed by atoms with E-state index >= 15 is 0 Å². The minimum Gasteiger partial charge on any atom is -0.457 e. The summed E-state index contributed by atoms with van der Waals surface area (Å²) < 4.78 is 5.52. The number of hydrogen-bond acceptors (Lipinski definition) is 2. The Morgan fingerprint density at radius 2 is 1.88 bits per heavy atom. The van der Waals surface area contributed by atoms with Gasteiger partial charge in [0.1, 0.15) is 11.5 Å². The second kappa shape index (κ2) is 4.89. The number of carbonyl (C=O) groups excluding carboxylic acids is 1. The predicted octanol–water partition coefficient (Wildman–Crippen LogP) is 3.10. The van der Waals surface area contributed by atoms with Gasteiger partial charge in [0.15, 0.2) is 0 Å². The monoisotopic (exact) mass is 247 g/mol. The minimum atomic E-state index is -0.505. The molecular formula is C13H10ClNO2. The molecule has 2 N–H and O–H groups in total. The normalized spacial score (nSPS) is 10.9. The molecule has 2 rings (SSSR count). The van der Waals surface area contributed by atoms with Crippen molar-refractivity contribution in [2.45, 2.75) is 0 Å². The van der Waals surface area contributed by atoms with Crippen molar-refractivity contribution >= 4 is 23.6 Å². The molecule has 1 aromatic carbocycles. The van der Waals surface area contributed by atoms with Crippen LogP contribution in [0.2, 0.25) is 5.02 Å². The van der Waals surface area contributed by atoms with Crippen LogP contribution in [0.4, 0.5) is 0 Å². The zero-order chi connectivity index (χ0) is 12.3. The molecule has 0 unspecified atom stereocenters. The number of halogens is 1. The Labute approximate surface area is 103 Å². The molecule has 0 radical (unpaired) electrons. The van der Waals surface area contributed by atoms with E-state index in [9.17, 15) is 4.79 Å². The van der Waals surface area contributed by atoms with Crippen LogP contribution in [0.3, 0.4) is 0 Å². The summed E-state index contributed by atoms with van der Waals surface area (Å²) in [5, 5.41) is 0.675. The van der Waals surface area contributed by atoms with Crippen LogP contribution in [-0.4, -0.2) is 5.91 Å². The molecule has 2 aromatic rings. The van der Waals surface area contributed by atoms with Crippen LogP contribution in [0.15, 0.2) is 46.9 Å². The molecule has 0 aliphatic rings. The number of nitrogens with two attached hydrogens (primary N) is 1. The number of hydrogen-bond donors (Lipinski definition) is 1. The van der Waals surface area contributed by atoms with Crippen molar-refractivity contribution in [1.29, 1.82) is 0 Å². The molecule has 0 atom stereocenters. The Kier molecular flexibility index (Phi) is 3.30. The zero-order valence-electron chi connectivity index (χ0n) is 8.89. The van der Waals surface area contributed by atoms with E-state index in [1.165, 1.54) is 12.2 Å². The quantitative estimate of drug-likeness (QED) is 0.848. The Bertz CT molecular complexity index is 555. The SMILES string of the molecule is NC(=O)C=Cc1ccc(-c2ccc(Cl)cc2)o1. The Hall–Kier alpha value is -2.00. The standard InChI is InChI=1S/C13H10ClNO2/c14-10-3-1-9(2-4-10)12-7-5-11(17-12)6-8-13(15)16/h1-8H,(H2,15,16). The first-order valence-corrected chi connectivity index (χ1v) is 5.36. The van der Waals surface area contributed by atoms with Gasteiger partial charge in [0.2, 0.25) is 5.91 Å². The first-order chi connectivity index (χ1) is 8.15. The van der Waals surface area contributed by atoms with Crippen LogP contribution < -0.4 is 5.73 Å². The van der Waals surface area contributed by atoms with Gasteiger partial charge < -0.3 is 10.2 Å². The average Bonchev–Trinajstić information content (AvgIpc) is 2.76. The molecule has 0 saturated heterocycles. The third-order valence-electron chi connectivity index (χ3n) is 2.17. The number of carbonyl (C=O) groups is 1. The lowest BCUT2D eigenvalue weighted by Gasteiger charge is -1.96. The molecule has 1 amide bonds. The van der Waals surface area contributed by atoms with Crippen LogP contribution in [0.25, 0.3) is 17.4 Å². The van der Waals surface area contributed by atoms with Gasteiger partial charge in [-0.15, -0.1) is 0 Å². The van der Waals surface area contributed by atoms with Gasteiger partial charge in [-0.1, -0.05) is 11.6 Å². The van der Waals surface area contributed by atoms with Gasteiger partial charge in [-0.3, -0.25) is 4.79 Å². The molecule has 1 aromatic heterocycles. The van der Waals surface area contributed by atoms with Gasteiger partial charge in [0, 0.05) is 16.7 Å². The molecule has 86 valence electrons. The third-order valence-corrected chi connectivity index (χ3v) is 2.42. The van der Waals surface area contributed by atoms with Gasteiger partial charge in [0.25, 0.3) is 0 Å². The van der Waals surface area contributed by atoms with E-state index in [1.807, 2.05) is 18.2 Å². The Balaban J connectivity index is 2.23. The smallest absolute Gasteiger partial charge is 0.241 e. The fourth-order valence-corrected chi connectivity index (χ4v) is 1.50. The van der Waals surface area contributed by atoms with Gasteiger partial charge in [-0.25, -0.2) is 0 Å². The van der Waals surface area contributed by atoms with E-state index in [0.29, 0.717) is 16.5 Å². The molecule has 0 aliphatic heterocycles. The van der Waals surface area contributed by atoms with E-state index in [-0.39, 0.29) is 0 Å². The summed E-state index contributed by atoms with van der Waals surface area (Å²) in [7, 11) is 0. The molecule has 0 bridgehead atoms. The summed E-state index contributed by atoms with van der Waals surface area (Å²) >= 11 is 5.80. The third kappa shape index (κ3) is 2.98. The van der Waals surface area contributed by atoms with Crippen molar-refractivity contribution in [3.8, 4) is 11.3 Å². The number of primary amides is 1. The molecule has 0 spiro atoms. The van der Waals surface area contributed by atoms with E-state index in [0.717, 1.165) is 5.56 Å². The van der Waals surface area contributed by atoms with E-state index < -0.39 is 5.91 Å². The summed E-state index contributed by atoms with van der Waals surface area (Å²) in [4.78, 5) is 10.6. The highest BCUT2D eigenvalue weighted by Crippen LogP contribution is 2.24. The maximum Gasteiger partial charge on any atom is 0.241 e. The lowest BCUT2D eigenvalue weighted by Crippen LogP contribution is -2.04. The Morgan fingerprint density at radius 1 is 1.18 bits per heavy atom. The number of furan rings is 1. The van der Waals surface area contributed by atoms with Crippen molar-refractivity contribution < 1.29 is 9.21 Å². The van der Waals surface area contributed by atoms with Crippen LogP contribution in [-0.2, 0) is 4.79 Å². The van der Waals surface area contributed by atoms with E-state index in [1.54, 1.807) is 18.2 Å². The van der Waals surface area contributed by atoms with Gasteiger partial charge >= 0.3 is 0 Å². The summed E-state index contributed by atoms with van der Waals surface area (Å²) in [5.41, 5.74) is 5.92. The molecule has 0 saturated carbocycles. The first kappa shape index (κ1) is 11.5. The Morgan fingerprint density at radius 3 is 2.53 bits per heavy atom. The number of amides is 1. The maximum atomic E-state index is 10.6. The van der Waals surface area contributed by atoms with Crippen molar-refractivity contribution in [3.05, 3.63) is 53.3 Å². The van der Waals surface area contributed by atoms with Crippen molar-refractivity contribution in [2.24, 2.45) is 5.73 Å². The first-order valence-electron chi connectivity index (χ1n) is 4.98. The van der Waals surface area contributed by atoms with Crippen molar-refractivity contribution in [3.63, 3.8) is 0 Å². The topological polar surface area (TPSA) is 56.2 Å². The summed E-state index contributed by atoms with van der Waals surface area (Å²) in [6, 6.07) is 10.9. The summed E-state index contributed by atoms with van der Waals surface area (Å²) in [6.45, 7) is 0. The van der Waals surface area contributed by atoms with E-state index in [2.05, 4.69) is 0 Å². The van der Waals surface area contributed by atoms with Crippen LogP contribution in [0.5, 0.6) is 0 Å². The fraction of sp³-hybridized carbons (Fsp3) is 0. The van der Waals surface area contributed by atoms with Crippen LogP contribution in [0, 0.1) is 0 Å². The lowest BCUT2D eigenvalue weighted by molar-refractivity contribution is -0.113. The van der Waals surface area contributed by atoms with Crippen LogP contribution >= 0.6 is 11.6 Å². The van der Waals surface area contributed by atoms with Crippen LogP contribution in [0.1, 0.15) is 5.76 Å². The fourth-order valence-electron chi connectivity index (χ4n) is 1.38. The summed E-state index contributed by atoms with van der Waals surface area (Å²) in [5.74, 6) is 0.786. The van der Waals surface area contributed by atoms with Crippen molar-refractivity contribution in [2.75, 3.05) is 0 Å². The van der Waals surface area contributed by atoms with Gasteiger partial charge in [0.05, 0.1) is 0 Å². The number of rotatable bonds is 3. The highest BCUT2D eigenvalue weighted by atomic mass is 35.5. The summed E-state index contributed by atoms with van der Waals surface area (Å²) in [6.07, 6.45) is 2.78. The minimum absolute atomic E-state index is 0.505. The van der Waals surface area contributed by atoms with E-state index in [4.69, 9.17) is 21.8 Å². The highest BCUT2D eigenvalue weighted by Gasteiger charge is 2.02. The second-order valence-electron chi connectivity index (χ2n) is 3.44. The van der Waals surface area contributed by atoms with Gasteiger partial charge in [-0.2, -0.15) is 0 Å². The number of benzene rings is 1. The molecule has 4 heteroatoms. The molecule has 1 heterocycles. The maximum absolute atomic E-state index is 10.6.